The summed E-state index contributed by atoms with van der Waals surface area (Å²) in [6, 6.07) is 7.98. The van der Waals surface area contributed by atoms with E-state index in [0.717, 1.165) is 27.7 Å². The molecule has 4 rings (SSSR count). The Balaban J connectivity index is 1.69. The second-order valence-electron chi connectivity index (χ2n) is 8.47. The number of rotatable bonds is 5. The molecule has 6 nitrogen and oxygen atoms in total. The van der Waals surface area contributed by atoms with E-state index in [9.17, 15) is 4.79 Å². The molecule has 0 fully saturated rings. The molecule has 31 heavy (non-hydrogen) atoms. The van der Waals surface area contributed by atoms with Crippen molar-refractivity contribution in [2.24, 2.45) is 0 Å². The molecule has 0 bridgehead atoms. The molecule has 1 aliphatic carbocycles. The highest BCUT2D eigenvalue weighted by Crippen LogP contribution is 2.46. The number of pyridine rings is 1. The maximum Gasteiger partial charge on any atom is 0.250 e. The van der Waals surface area contributed by atoms with Crippen LogP contribution >= 0.6 is 12.1 Å². The lowest BCUT2D eigenvalue weighted by molar-refractivity contribution is -0.118. The first-order valence-corrected chi connectivity index (χ1v) is 11.1. The van der Waals surface area contributed by atoms with Crippen molar-refractivity contribution in [3.05, 3.63) is 59.3 Å². The molecule has 164 valence electrons. The Morgan fingerprint density at radius 3 is 3.00 bits per heavy atom. The monoisotopic (exact) mass is 441 g/mol. The van der Waals surface area contributed by atoms with Gasteiger partial charge in [-0.15, -0.1) is 0 Å². The summed E-state index contributed by atoms with van der Waals surface area (Å²) in [6.45, 7) is 2.65. The molecule has 0 spiro atoms. The second kappa shape index (κ2) is 8.61. The fourth-order valence-electron chi connectivity index (χ4n) is 4.03. The second-order valence-corrected chi connectivity index (χ2v) is 9.43. The van der Waals surface area contributed by atoms with E-state index in [2.05, 4.69) is 31.5 Å². The number of fused-ring (bicyclic) bond motifs is 3. The van der Waals surface area contributed by atoms with Crippen molar-refractivity contribution < 1.29 is 9.18 Å². The van der Waals surface area contributed by atoms with Crippen LogP contribution in [0.5, 0.6) is 0 Å². The lowest BCUT2D eigenvalue weighted by atomic mass is 9.82. The number of aromatic nitrogens is 1. The van der Waals surface area contributed by atoms with E-state index in [1.54, 1.807) is 12.3 Å². The molecule has 1 aromatic carbocycles. The van der Waals surface area contributed by atoms with Gasteiger partial charge < -0.3 is 14.9 Å². The van der Waals surface area contributed by atoms with Gasteiger partial charge in [0.1, 0.15) is 5.67 Å². The first-order valence-electron chi connectivity index (χ1n) is 10.4. The fraction of sp³-hybridized carbons (Fsp3) is 0.391. The van der Waals surface area contributed by atoms with E-state index in [4.69, 9.17) is 0 Å². The Bertz CT molecular complexity index is 1070. The number of amides is 1. The smallest absolute Gasteiger partial charge is 0.250 e. The molecule has 2 aliphatic rings. The van der Waals surface area contributed by atoms with Gasteiger partial charge in [0.25, 0.3) is 5.91 Å². The van der Waals surface area contributed by atoms with E-state index < -0.39 is 5.67 Å². The van der Waals surface area contributed by atoms with Crippen LogP contribution in [0.4, 0.5) is 10.1 Å². The van der Waals surface area contributed by atoms with Crippen molar-refractivity contribution in [3.63, 3.8) is 0 Å². The molecule has 2 N–H and O–H groups in total. The number of likely N-dealkylation sites (N-methyl/N-ethyl adjacent to an activating group) is 2. The molecular weight excluding hydrogens is 413 g/mol. The average molecular weight is 442 g/mol. The number of carbonyl (C=O) groups is 1. The van der Waals surface area contributed by atoms with E-state index in [1.807, 2.05) is 44.3 Å². The molecule has 1 aliphatic heterocycles. The lowest BCUT2D eigenvalue weighted by Crippen LogP contribution is -2.39. The minimum Gasteiger partial charge on any atom is -0.351 e. The van der Waals surface area contributed by atoms with Crippen LogP contribution in [0.25, 0.3) is 10.9 Å². The number of allylic oxidation sites excluding steroid dienone is 1. The lowest BCUT2D eigenvalue weighted by Gasteiger charge is -2.37. The maximum absolute atomic E-state index is 15.3. The quantitative estimate of drug-likeness (QED) is 0.687. The molecule has 0 radical (unpaired) electrons. The average Bonchev–Trinajstić information content (AvgIpc) is 2.73. The van der Waals surface area contributed by atoms with Crippen molar-refractivity contribution in [3.8, 4) is 0 Å². The van der Waals surface area contributed by atoms with E-state index >= 15 is 4.39 Å². The molecule has 8 heteroatoms. The standard InChI is InChI=1S/C23H28FN5OS/c1-23(24)10-9-16(14-18(23)22(30)26-12-13-28(2)3)21-17-8-7-15-6-5-11-25-19(15)20(17)27-31-29(21)4/h5-9,11,14,21,27H,10,12-13H2,1-4H3,(H,26,30). The molecule has 1 amide bonds. The van der Waals surface area contributed by atoms with Crippen molar-refractivity contribution >= 4 is 34.6 Å². The maximum atomic E-state index is 15.3. The Morgan fingerprint density at radius 2 is 2.23 bits per heavy atom. The van der Waals surface area contributed by atoms with E-state index in [1.165, 1.54) is 19.1 Å². The highest BCUT2D eigenvalue weighted by molar-refractivity contribution is 7.98. The SMILES string of the molecule is CN(C)CCNC(=O)C1=CC(C2c3ccc4cccnc4c3NSN2C)=CCC1(C)F. The molecule has 2 atom stereocenters. The number of anilines is 1. The summed E-state index contributed by atoms with van der Waals surface area (Å²) in [5.41, 5.74) is 2.33. The van der Waals surface area contributed by atoms with Gasteiger partial charge in [-0.2, -0.15) is 0 Å². The third-order valence-corrected chi connectivity index (χ3v) is 6.55. The molecule has 2 heterocycles. The molecule has 0 saturated carbocycles. The van der Waals surface area contributed by atoms with E-state index in [-0.39, 0.29) is 23.9 Å². The van der Waals surface area contributed by atoms with Crippen molar-refractivity contribution in [1.82, 2.24) is 19.5 Å². The minimum absolute atomic E-state index is 0.117. The zero-order chi connectivity index (χ0) is 22.2. The summed E-state index contributed by atoms with van der Waals surface area (Å²) in [7, 11) is 5.86. The number of nitrogens with one attached hydrogen (secondary N) is 2. The van der Waals surface area contributed by atoms with Crippen molar-refractivity contribution in [1.29, 1.82) is 0 Å². The first-order chi connectivity index (χ1) is 14.8. The van der Waals surface area contributed by atoms with Gasteiger partial charge in [-0.3, -0.25) is 9.78 Å². The molecule has 1 aromatic heterocycles. The van der Waals surface area contributed by atoms with Crippen molar-refractivity contribution in [2.45, 2.75) is 25.1 Å². The summed E-state index contributed by atoms with van der Waals surface area (Å²) >= 11 is 1.48. The number of nitrogens with zero attached hydrogens (tertiary/aromatic N) is 3. The van der Waals surface area contributed by atoms with Crippen LogP contribution in [-0.2, 0) is 4.79 Å². The number of hydrogen-bond acceptors (Lipinski definition) is 6. The zero-order valence-corrected chi connectivity index (χ0v) is 19.1. The van der Waals surface area contributed by atoms with Crippen molar-refractivity contribution in [2.75, 3.05) is 39.0 Å². The Kier molecular flexibility index (Phi) is 6.05. The van der Waals surface area contributed by atoms with Crippen LogP contribution in [0.3, 0.4) is 0 Å². The third kappa shape index (κ3) is 4.33. The Labute approximate surface area is 186 Å². The van der Waals surface area contributed by atoms with Gasteiger partial charge in [0.05, 0.1) is 22.8 Å². The van der Waals surface area contributed by atoms with Crippen LogP contribution in [-0.4, -0.2) is 60.0 Å². The van der Waals surface area contributed by atoms with Crippen LogP contribution in [0.2, 0.25) is 0 Å². The topological polar surface area (TPSA) is 60.5 Å². The summed E-state index contributed by atoms with van der Waals surface area (Å²) in [4.78, 5) is 19.4. The summed E-state index contributed by atoms with van der Waals surface area (Å²) < 4.78 is 20.8. The number of alkyl halides is 1. The van der Waals surface area contributed by atoms with Crippen LogP contribution in [0.1, 0.15) is 24.9 Å². The van der Waals surface area contributed by atoms with Gasteiger partial charge in [0.15, 0.2) is 0 Å². The highest BCUT2D eigenvalue weighted by atomic mass is 32.2. The third-order valence-electron chi connectivity index (χ3n) is 5.76. The molecular formula is C23H28FN5OS. The largest absolute Gasteiger partial charge is 0.351 e. The van der Waals surface area contributed by atoms with Crippen LogP contribution < -0.4 is 10.0 Å². The summed E-state index contributed by atoms with van der Waals surface area (Å²) in [6.07, 6.45) is 5.59. The van der Waals surface area contributed by atoms with Crippen LogP contribution in [0, 0.1) is 0 Å². The van der Waals surface area contributed by atoms with Gasteiger partial charge in [-0.1, -0.05) is 24.3 Å². The number of hydrogen-bond donors (Lipinski definition) is 2. The minimum atomic E-state index is -1.70. The van der Waals surface area contributed by atoms with Gasteiger partial charge in [0.2, 0.25) is 0 Å². The fourth-order valence-corrected chi connectivity index (χ4v) is 4.82. The Hall–Kier alpha value is -2.42. The highest BCUT2D eigenvalue weighted by Gasteiger charge is 2.38. The first kappa shape index (κ1) is 21.8. The molecule has 2 unspecified atom stereocenters. The zero-order valence-electron chi connectivity index (χ0n) is 18.3. The van der Waals surface area contributed by atoms with Crippen LogP contribution in [0.15, 0.2) is 53.8 Å². The van der Waals surface area contributed by atoms with Gasteiger partial charge in [-0.05, 0) is 38.7 Å². The van der Waals surface area contributed by atoms with E-state index in [0.29, 0.717) is 13.1 Å². The summed E-state index contributed by atoms with van der Waals surface area (Å²) in [5, 5.41) is 3.92. The number of carbonyl (C=O) groups excluding carboxylic acids is 1. The number of halogens is 1. The van der Waals surface area contributed by atoms with Gasteiger partial charge in [-0.25, -0.2) is 8.70 Å². The van der Waals surface area contributed by atoms with Gasteiger partial charge in [0, 0.05) is 55.8 Å². The summed E-state index contributed by atoms with van der Waals surface area (Å²) in [5.74, 6) is -0.345. The normalized spacial score (nSPS) is 23.7. The molecule has 2 aromatic rings. The number of benzene rings is 1. The predicted molar refractivity (Wildman–Crippen MR) is 125 cm³/mol. The Morgan fingerprint density at radius 1 is 1.42 bits per heavy atom. The van der Waals surface area contributed by atoms with Gasteiger partial charge >= 0.3 is 0 Å². The predicted octanol–water partition coefficient (Wildman–Crippen LogP) is 3.86. The molecule has 0 saturated heterocycles.